The highest BCUT2D eigenvalue weighted by molar-refractivity contribution is 8.00. The van der Waals surface area contributed by atoms with Crippen LogP contribution in [0, 0.1) is 0 Å². The van der Waals surface area contributed by atoms with Gasteiger partial charge in [-0.3, -0.25) is 0 Å². The monoisotopic (exact) mass is 258 g/mol. The molecule has 0 bridgehead atoms. The maximum Gasteiger partial charge on any atom is 0.222 e. The molecule has 0 aliphatic carbocycles. The van der Waals surface area contributed by atoms with Crippen molar-refractivity contribution in [1.82, 2.24) is 9.97 Å². The molecule has 88 valence electrons. The summed E-state index contributed by atoms with van der Waals surface area (Å²) in [6, 6.07) is 0. The van der Waals surface area contributed by atoms with Crippen LogP contribution in [0.4, 0.5) is 11.8 Å². The summed E-state index contributed by atoms with van der Waals surface area (Å²) in [5, 5.41) is 1.73. The third-order valence-electron chi connectivity index (χ3n) is 2.46. The van der Waals surface area contributed by atoms with E-state index in [1.54, 1.807) is 6.20 Å². The fourth-order valence-electron chi connectivity index (χ4n) is 1.94. The Morgan fingerprint density at radius 1 is 1.44 bits per heavy atom. The molecule has 4 nitrogen and oxygen atoms in total. The van der Waals surface area contributed by atoms with Gasteiger partial charge < -0.3 is 10.6 Å². The van der Waals surface area contributed by atoms with E-state index in [-0.39, 0.29) is 5.95 Å². The van der Waals surface area contributed by atoms with E-state index >= 15 is 0 Å². The van der Waals surface area contributed by atoms with Crippen molar-refractivity contribution in [2.24, 2.45) is 0 Å². The highest BCUT2D eigenvalue weighted by atomic mass is 35.5. The molecular weight excluding hydrogens is 244 g/mol. The molecule has 1 fully saturated rings. The van der Waals surface area contributed by atoms with Gasteiger partial charge in [-0.05, 0) is 0 Å². The van der Waals surface area contributed by atoms with E-state index in [9.17, 15) is 0 Å². The van der Waals surface area contributed by atoms with Crippen molar-refractivity contribution in [2.45, 2.75) is 24.3 Å². The van der Waals surface area contributed by atoms with Crippen molar-refractivity contribution in [3.63, 3.8) is 0 Å². The zero-order valence-electron chi connectivity index (χ0n) is 9.35. The average molecular weight is 259 g/mol. The molecule has 0 amide bonds. The van der Waals surface area contributed by atoms with Gasteiger partial charge in [-0.15, -0.1) is 0 Å². The molecule has 1 aliphatic heterocycles. The Hall–Kier alpha value is -0.680. The SMILES string of the molecule is CC1CN(c2nc(N)ncc2Cl)CC(C)S1. The van der Waals surface area contributed by atoms with Gasteiger partial charge >= 0.3 is 0 Å². The number of aromatic nitrogens is 2. The zero-order valence-corrected chi connectivity index (χ0v) is 10.9. The maximum absolute atomic E-state index is 6.10. The molecule has 2 unspecified atom stereocenters. The van der Waals surface area contributed by atoms with Gasteiger partial charge in [-0.25, -0.2) is 4.98 Å². The fourth-order valence-corrected chi connectivity index (χ4v) is 3.48. The maximum atomic E-state index is 6.10. The summed E-state index contributed by atoms with van der Waals surface area (Å²) in [7, 11) is 0. The number of nitrogens with two attached hydrogens (primary N) is 1. The molecule has 2 heterocycles. The number of rotatable bonds is 1. The van der Waals surface area contributed by atoms with Crippen LogP contribution in [-0.4, -0.2) is 33.6 Å². The Labute approximate surface area is 105 Å². The Morgan fingerprint density at radius 3 is 2.69 bits per heavy atom. The predicted molar refractivity (Wildman–Crippen MR) is 70.2 cm³/mol. The fraction of sp³-hybridized carbons (Fsp3) is 0.600. The molecule has 2 N–H and O–H groups in total. The third-order valence-corrected chi connectivity index (χ3v) is 3.96. The van der Waals surface area contributed by atoms with Gasteiger partial charge in [0.2, 0.25) is 5.95 Å². The molecule has 1 aromatic heterocycles. The zero-order chi connectivity index (χ0) is 11.7. The van der Waals surface area contributed by atoms with E-state index in [2.05, 4.69) is 28.7 Å². The number of nitrogen functional groups attached to an aromatic ring is 1. The third kappa shape index (κ3) is 2.52. The molecule has 0 aromatic carbocycles. The second kappa shape index (κ2) is 4.67. The van der Waals surface area contributed by atoms with E-state index < -0.39 is 0 Å². The largest absolute Gasteiger partial charge is 0.368 e. The van der Waals surface area contributed by atoms with Crippen molar-refractivity contribution < 1.29 is 0 Å². The Morgan fingerprint density at radius 2 is 2.06 bits per heavy atom. The Bertz CT molecular complexity index is 377. The summed E-state index contributed by atoms with van der Waals surface area (Å²) >= 11 is 8.09. The number of thioether (sulfide) groups is 1. The quantitative estimate of drug-likeness (QED) is 0.836. The predicted octanol–water partition coefficient (Wildman–Crippen LogP) is 2.04. The van der Waals surface area contributed by atoms with E-state index in [0.29, 0.717) is 15.5 Å². The first-order valence-electron chi connectivity index (χ1n) is 5.24. The number of hydrogen-bond donors (Lipinski definition) is 1. The smallest absolute Gasteiger partial charge is 0.222 e. The van der Waals surface area contributed by atoms with E-state index in [1.165, 1.54) is 0 Å². The average Bonchev–Trinajstić information content (AvgIpc) is 2.20. The lowest BCUT2D eigenvalue weighted by molar-refractivity contribution is 0.718. The van der Waals surface area contributed by atoms with Gasteiger partial charge in [-0.2, -0.15) is 16.7 Å². The van der Waals surface area contributed by atoms with Gasteiger partial charge in [-0.1, -0.05) is 25.4 Å². The van der Waals surface area contributed by atoms with Crippen LogP contribution in [0.5, 0.6) is 0 Å². The summed E-state index contributed by atoms with van der Waals surface area (Å²) in [5.41, 5.74) is 5.59. The molecular formula is C10H15ClN4S. The van der Waals surface area contributed by atoms with Crippen molar-refractivity contribution in [2.75, 3.05) is 23.7 Å². The van der Waals surface area contributed by atoms with Crippen molar-refractivity contribution >= 4 is 35.1 Å². The second-order valence-corrected chi connectivity index (χ2v) is 6.35. The first-order chi connectivity index (χ1) is 7.56. The highest BCUT2D eigenvalue weighted by Crippen LogP contribution is 2.31. The number of nitrogens with zero attached hydrogens (tertiary/aromatic N) is 3. The van der Waals surface area contributed by atoms with E-state index in [0.717, 1.165) is 18.9 Å². The number of halogens is 1. The van der Waals surface area contributed by atoms with Gasteiger partial charge in [0, 0.05) is 23.6 Å². The van der Waals surface area contributed by atoms with Crippen LogP contribution in [0.1, 0.15) is 13.8 Å². The molecule has 6 heteroatoms. The first kappa shape index (κ1) is 11.8. The lowest BCUT2D eigenvalue weighted by Gasteiger charge is -2.35. The first-order valence-corrected chi connectivity index (χ1v) is 6.56. The minimum Gasteiger partial charge on any atom is -0.368 e. The lowest BCUT2D eigenvalue weighted by Crippen LogP contribution is -2.41. The molecule has 2 rings (SSSR count). The summed E-state index contributed by atoms with van der Waals surface area (Å²) in [4.78, 5) is 10.3. The summed E-state index contributed by atoms with van der Waals surface area (Å²) in [5.74, 6) is 1.03. The normalized spacial score (nSPS) is 25.8. The van der Waals surface area contributed by atoms with Crippen LogP contribution < -0.4 is 10.6 Å². The van der Waals surface area contributed by atoms with Gasteiger partial charge in [0.15, 0.2) is 5.82 Å². The van der Waals surface area contributed by atoms with Gasteiger partial charge in [0.1, 0.15) is 5.02 Å². The van der Waals surface area contributed by atoms with Crippen molar-refractivity contribution in [1.29, 1.82) is 0 Å². The van der Waals surface area contributed by atoms with Crippen molar-refractivity contribution in [3.8, 4) is 0 Å². The molecule has 16 heavy (non-hydrogen) atoms. The van der Waals surface area contributed by atoms with Gasteiger partial charge in [0.05, 0.1) is 6.20 Å². The van der Waals surface area contributed by atoms with Crippen LogP contribution in [0.3, 0.4) is 0 Å². The van der Waals surface area contributed by atoms with Crippen LogP contribution >= 0.6 is 23.4 Å². The van der Waals surface area contributed by atoms with Crippen LogP contribution in [-0.2, 0) is 0 Å². The molecule has 0 spiro atoms. The minimum atomic E-state index is 0.276. The van der Waals surface area contributed by atoms with Crippen molar-refractivity contribution in [3.05, 3.63) is 11.2 Å². The van der Waals surface area contributed by atoms with E-state index in [4.69, 9.17) is 17.3 Å². The van der Waals surface area contributed by atoms with Gasteiger partial charge in [0.25, 0.3) is 0 Å². The van der Waals surface area contributed by atoms with Crippen LogP contribution in [0.25, 0.3) is 0 Å². The lowest BCUT2D eigenvalue weighted by atomic mass is 10.3. The Kier molecular flexibility index (Phi) is 3.44. The highest BCUT2D eigenvalue weighted by Gasteiger charge is 2.24. The number of anilines is 2. The molecule has 1 aromatic rings. The second-order valence-electron chi connectivity index (χ2n) is 4.06. The molecule has 0 radical (unpaired) electrons. The minimum absolute atomic E-state index is 0.276. The summed E-state index contributed by atoms with van der Waals surface area (Å²) in [6.07, 6.45) is 1.57. The molecule has 2 atom stereocenters. The topological polar surface area (TPSA) is 55.0 Å². The summed E-state index contributed by atoms with van der Waals surface area (Å²) < 4.78 is 0. The van der Waals surface area contributed by atoms with Crippen LogP contribution in [0.15, 0.2) is 6.20 Å². The van der Waals surface area contributed by atoms with Crippen LogP contribution in [0.2, 0.25) is 5.02 Å². The summed E-state index contributed by atoms with van der Waals surface area (Å²) in [6.45, 7) is 6.33. The standard InChI is InChI=1S/C10H15ClN4S/c1-6-4-15(5-7(2)16-6)9-8(11)3-13-10(12)14-9/h3,6-7H,4-5H2,1-2H3,(H2,12,13,14). The van der Waals surface area contributed by atoms with E-state index in [1.807, 2.05) is 11.8 Å². The molecule has 1 saturated heterocycles. The Balaban J connectivity index is 2.25. The number of hydrogen-bond acceptors (Lipinski definition) is 5. The molecule has 1 aliphatic rings. The molecule has 0 saturated carbocycles.